The van der Waals surface area contributed by atoms with E-state index in [4.69, 9.17) is 5.11 Å². The topological polar surface area (TPSA) is 78.4 Å². The third kappa shape index (κ3) is 4.24. The lowest BCUT2D eigenvalue weighted by Crippen LogP contribution is -2.43. The van der Waals surface area contributed by atoms with Crippen LogP contribution in [0, 0.1) is 0 Å². The molecule has 0 spiro atoms. The van der Waals surface area contributed by atoms with Gasteiger partial charge in [0.15, 0.2) is 0 Å². The first kappa shape index (κ1) is 13.2. The molecule has 1 atom stereocenters. The molecule has 1 aromatic carbocycles. The Morgan fingerprint density at radius 3 is 2.41 bits per heavy atom. The molecule has 1 rings (SSSR count). The number of aliphatic hydroxyl groups is 1. The third-order valence-electron chi connectivity index (χ3n) is 2.29. The third-order valence-corrected chi connectivity index (χ3v) is 2.29. The van der Waals surface area contributed by atoms with E-state index in [2.05, 4.69) is 10.6 Å². The molecule has 0 unspecified atom stereocenters. The van der Waals surface area contributed by atoms with Crippen LogP contribution in [0.2, 0.25) is 0 Å². The predicted octanol–water partition coefficient (Wildman–Crippen LogP) is 0.512. The number of hydrogen-bond acceptors (Lipinski definition) is 3. The molecule has 5 heteroatoms. The second-order valence-electron chi connectivity index (χ2n) is 3.58. The average molecular weight is 236 g/mol. The monoisotopic (exact) mass is 236 g/mol. The Bertz CT molecular complexity index is 375. The van der Waals surface area contributed by atoms with E-state index in [1.807, 2.05) is 13.0 Å². The zero-order valence-electron chi connectivity index (χ0n) is 9.64. The van der Waals surface area contributed by atoms with Crippen LogP contribution in [0.15, 0.2) is 30.3 Å². The maximum absolute atomic E-state index is 11.5. The summed E-state index contributed by atoms with van der Waals surface area (Å²) >= 11 is 0. The molecule has 1 aromatic rings. The first-order valence-corrected chi connectivity index (χ1v) is 5.45. The minimum Gasteiger partial charge on any atom is -0.394 e. The number of anilines is 1. The standard InChI is InChI=1S/C12H16N2O3/c1-2-9(8-15)13-11(16)12(17)14-10-6-4-3-5-7-10/h3-7,9,15H,2,8H2,1H3,(H,13,16)(H,14,17)/t9-/m0/s1. The second kappa shape index (κ2) is 6.65. The molecule has 5 nitrogen and oxygen atoms in total. The molecule has 0 saturated carbocycles. The maximum atomic E-state index is 11.5. The van der Waals surface area contributed by atoms with Crippen molar-refractivity contribution in [3.63, 3.8) is 0 Å². The van der Waals surface area contributed by atoms with E-state index >= 15 is 0 Å². The highest BCUT2D eigenvalue weighted by atomic mass is 16.3. The molecule has 3 N–H and O–H groups in total. The highest BCUT2D eigenvalue weighted by Crippen LogP contribution is 2.04. The predicted molar refractivity (Wildman–Crippen MR) is 64.4 cm³/mol. The number of amides is 2. The van der Waals surface area contributed by atoms with E-state index in [1.165, 1.54) is 0 Å². The van der Waals surface area contributed by atoms with Gasteiger partial charge in [-0.1, -0.05) is 25.1 Å². The van der Waals surface area contributed by atoms with E-state index in [0.29, 0.717) is 12.1 Å². The Balaban J connectivity index is 2.50. The van der Waals surface area contributed by atoms with Crippen molar-refractivity contribution in [3.8, 4) is 0 Å². The van der Waals surface area contributed by atoms with Crippen LogP contribution in [0.4, 0.5) is 5.69 Å². The van der Waals surface area contributed by atoms with Crippen molar-refractivity contribution in [2.24, 2.45) is 0 Å². The Hall–Kier alpha value is -1.88. The fourth-order valence-electron chi connectivity index (χ4n) is 1.24. The second-order valence-corrected chi connectivity index (χ2v) is 3.58. The number of aliphatic hydroxyl groups excluding tert-OH is 1. The van der Waals surface area contributed by atoms with Gasteiger partial charge in [0.05, 0.1) is 12.6 Å². The van der Waals surface area contributed by atoms with Crippen molar-refractivity contribution in [2.75, 3.05) is 11.9 Å². The number of nitrogens with one attached hydrogen (secondary N) is 2. The summed E-state index contributed by atoms with van der Waals surface area (Å²) in [5.41, 5.74) is 0.560. The van der Waals surface area contributed by atoms with Gasteiger partial charge in [0.25, 0.3) is 0 Å². The number of para-hydroxylation sites is 1. The summed E-state index contributed by atoms with van der Waals surface area (Å²) in [6, 6.07) is 8.33. The van der Waals surface area contributed by atoms with Crippen molar-refractivity contribution >= 4 is 17.5 Å². The van der Waals surface area contributed by atoms with E-state index < -0.39 is 11.8 Å². The Labute approximate surface area is 99.8 Å². The van der Waals surface area contributed by atoms with Crippen LogP contribution in [0.3, 0.4) is 0 Å². The van der Waals surface area contributed by atoms with Crippen molar-refractivity contribution in [3.05, 3.63) is 30.3 Å². The molecule has 92 valence electrons. The molecular weight excluding hydrogens is 220 g/mol. The quantitative estimate of drug-likeness (QED) is 0.667. The molecule has 0 saturated heterocycles. The first-order valence-electron chi connectivity index (χ1n) is 5.45. The smallest absolute Gasteiger partial charge is 0.313 e. The normalized spacial score (nSPS) is 11.6. The average Bonchev–Trinajstić information content (AvgIpc) is 2.36. The van der Waals surface area contributed by atoms with Gasteiger partial charge < -0.3 is 15.7 Å². The van der Waals surface area contributed by atoms with Crippen molar-refractivity contribution in [1.29, 1.82) is 0 Å². The maximum Gasteiger partial charge on any atom is 0.313 e. The molecular formula is C12H16N2O3. The first-order chi connectivity index (χ1) is 8.17. The molecule has 0 aliphatic heterocycles. The zero-order chi connectivity index (χ0) is 12.7. The lowest BCUT2D eigenvalue weighted by Gasteiger charge is -2.13. The molecule has 17 heavy (non-hydrogen) atoms. The van der Waals surface area contributed by atoms with Gasteiger partial charge in [0.2, 0.25) is 0 Å². The van der Waals surface area contributed by atoms with Gasteiger partial charge in [-0.05, 0) is 18.6 Å². The van der Waals surface area contributed by atoms with Crippen LogP contribution in [0.1, 0.15) is 13.3 Å². The Morgan fingerprint density at radius 2 is 1.88 bits per heavy atom. The summed E-state index contributed by atoms with van der Waals surface area (Å²) in [5, 5.41) is 13.8. The van der Waals surface area contributed by atoms with Crippen LogP contribution in [0.25, 0.3) is 0 Å². The summed E-state index contributed by atoms with van der Waals surface area (Å²) in [4.78, 5) is 22.9. The minimum atomic E-state index is -0.741. The van der Waals surface area contributed by atoms with Gasteiger partial charge in [-0.15, -0.1) is 0 Å². The van der Waals surface area contributed by atoms with E-state index in [9.17, 15) is 9.59 Å². The number of carbonyl (C=O) groups excluding carboxylic acids is 2. The molecule has 0 aliphatic carbocycles. The number of benzene rings is 1. The van der Waals surface area contributed by atoms with Crippen molar-refractivity contribution in [2.45, 2.75) is 19.4 Å². The largest absolute Gasteiger partial charge is 0.394 e. The van der Waals surface area contributed by atoms with Gasteiger partial charge in [0, 0.05) is 5.69 Å². The summed E-state index contributed by atoms with van der Waals surface area (Å²) < 4.78 is 0. The molecule has 0 fully saturated rings. The number of hydrogen-bond donors (Lipinski definition) is 3. The van der Waals surface area contributed by atoms with Crippen molar-refractivity contribution < 1.29 is 14.7 Å². The molecule has 0 heterocycles. The summed E-state index contributed by atoms with van der Waals surface area (Å²) in [7, 11) is 0. The highest BCUT2D eigenvalue weighted by molar-refractivity contribution is 6.39. The fourth-order valence-corrected chi connectivity index (χ4v) is 1.24. The van der Waals surface area contributed by atoms with Gasteiger partial charge in [-0.2, -0.15) is 0 Å². The fraction of sp³-hybridized carbons (Fsp3) is 0.333. The Kier molecular flexibility index (Phi) is 5.16. The SMILES string of the molecule is CC[C@@H](CO)NC(=O)C(=O)Nc1ccccc1. The van der Waals surface area contributed by atoms with Crippen LogP contribution in [-0.2, 0) is 9.59 Å². The highest BCUT2D eigenvalue weighted by Gasteiger charge is 2.16. The summed E-state index contributed by atoms with van der Waals surface area (Å²) in [6.07, 6.45) is 0.570. The minimum absolute atomic E-state index is 0.180. The molecule has 0 bridgehead atoms. The van der Waals surface area contributed by atoms with E-state index in [-0.39, 0.29) is 12.6 Å². The van der Waals surface area contributed by atoms with Gasteiger partial charge in [-0.25, -0.2) is 0 Å². The molecule has 0 aliphatic rings. The lowest BCUT2D eigenvalue weighted by molar-refractivity contribution is -0.136. The number of carbonyl (C=O) groups is 2. The zero-order valence-corrected chi connectivity index (χ0v) is 9.64. The van der Waals surface area contributed by atoms with Gasteiger partial charge in [0.1, 0.15) is 0 Å². The van der Waals surface area contributed by atoms with E-state index in [0.717, 1.165) is 0 Å². The van der Waals surface area contributed by atoms with Gasteiger partial charge >= 0.3 is 11.8 Å². The van der Waals surface area contributed by atoms with Crippen LogP contribution in [-0.4, -0.2) is 29.6 Å². The van der Waals surface area contributed by atoms with Crippen LogP contribution < -0.4 is 10.6 Å². The molecule has 0 aromatic heterocycles. The Morgan fingerprint density at radius 1 is 1.24 bits per heavy atom. The summed E-state index contributed by atoms with van der Waals surface area (Å²) in [6.45, 7) is 1.64. The van der Waals surface area contributed by atoms with Gasteiger partial charge in [-0.3, -0.25) is 9.59 Å². The lowest BCUT2D eigenvalue weighted by atomic mass is 10.2. The number of rotatable bonds is 4. The molecule has 0 radical (unpaired) electrons. The summed E-state index contributed by atoms with van der Waals surface area (Å²) in [5.74, 6) is -1.47. The van der Waals surface area contributed by atoms with E-state index in [1.54, 1.807) is 24.3 Å². The van der Waals surface area contributed by atoms with Crippen molar-refractivity contribution in [1.82, 2.24) is 5.32 Å². The molecule has 2 amide bonds. The van der Waals surface area contributed by atoms with Crippen LogP contribution in [0.5, 0.6) is 0 Å². The van der Waals surface area contributed by atoms with Crippen LogP contribution >= 0.6 is 0 Å².